The summed E-state index contributed by atoms with van der Waals surface area (Å²) < 4.78 is 12.9. The average molecular weight is 440 g/mol. The molecule has 0 saturated heterocycles. The number of hydrogen-bond acceptors (Lipinski definition) is 6. The molecule has 0 aliphatic rings. The normalized spacial score (nSPS) is 11.3. The second-order valence-corrected chi connectivity index (χ2v) is 8.04. The number of benzene rings is 2. The fourth-order valence-electron chi connectivity index (χ4n) is 4.03. The van der Waals surface area contributed by atoms with Crippen molar-refractivity contribution < 1.29 is 9.26 Å². The number of nitrogens with zero attached hydrogens (tertiary/aromatic N) is 5. The van der Waals surface area contributed by atoms with Crippen LogP contribution in [0.1, 0.15) is 35.0 Å². The van der Waals surface area contributed by atoms with Crippen molar-refractivity contribution in [1.82, 2.24) is 24.7 Å². The van der Waals surface area contributed by atoms with Crippen molar-refractivity contribution in [3.63, 3.8) is 0 Å². The molecule has 0 spiro atoms. The maximum atomic E-state index is 5.58. The minimum atomic E-state index is 0.395. The summed E-state index contributed by atoms with van der Waals surface area (Å²) in [7, 11) is 0. The highest BCUT2D eigenvalue weighted by Crippen LogP contribution is 2.28. The van der Waals surface area contributed by atoms with Crippen LogP contribution >= 0.6 is 0 Å². The number of aromatic nitrogens is 5. The molecule has 0 bridgehead atoms. The Morgan fingerprint density at radius 2 is 1.76 bits per heavy atom. The van der Waals surface area contributed by atoms with Gasteiger partial charge in [0.05, 0.1) is 12.8 Å². The first-order chi connectivity index (χ1) is 16.0. The van der Waals surface area contributed by atoms with Crippen molar-refractivity contribution in [3.05, 3.63) is 82.8 Å². The predicted molar refractivity (Wildman–Crippen MR) is 126 cm³/mol. The first kappa shape index (κ1) is 20.9. The van der Waals surface area contributed by atoms with E-state index in [0.29, 0.717) is 29.5 Å². The van der Waals surface area contributed by atoms with Gasteiger partial charge < -0.3 is 9.26 Å². The van der Waals surface area contributed by atoms with Gasteiger partial charge in [0.2, 0.25) is 5.82 Å². The van der Waals surface area contributed by atoms with Crippen LogP contribution in [0.25, 0.3) is 28.5 Å². The van der Waals surface area contributed by atoms with Crippen LogP contribution in [0.5, 0.6) is 5.75 Å². The van der Waals surface area contributed by atoms with Crippen molar-refractivity contribution in [2.75, 3.05) is 6.61 Å². The number of fused-ring (bicyclic) bond motifs is 1. The lowest BCUT2D eigenvalue weighted by molar-refractivity contribution is 0.340. The molecule has 2 aromatic carbocycles. The zero-order chi connectivity index (χ0) is 22.9. The largest absolute Gasteiger partial charge is 0.494 e. The molecule has 5 aromatic rings. The van der Waals surface area contributed by atoms with Gasteiger partial charge in [0.25, 0.3) is 5.89 Å². The molecule has 0 saturated carbocycles. The van der Waals surface area contributed by atoms with Crippen LogP contribution in [0.4, 0.5) is 0 Å². The molecule has 0 radical (unpaired) electrons. The summed E-state index contributed by atoms with van der Waals surface area (Å²) in [6, 6.07) is 16.1. The van der Waals surface area contributed by atoms with Gasteiger partial charge in [-0.1, -0.05) is 29.4 Å². The summed E-state index contributed by atoms with van der Waals surface area (Å²) in [5.74, 6) is 1.72. The Balaban J connectivity index is 1.50. The summed E-state index contributed by atoms with van der Waals surface area (Å²) in [5, 5.41) is 8.75. The van der Waals surface area contributed by atoms with Crippen molar-refractivity contribution >= 4 is 5.65 Å². The number of rotatable bonds is 6. The van der Waals surface area contributed by atoms with Gasteiger partial charge in [-0.2, -0.15) is 10.1 Å². The van der Waals surface area contributed by atoms with Gasteiger partial charge in [0, 0.05) is 23.4 Å². The third-order valence-corrected chi connectivity index (χ3v) is 5.92. The smallest absolute Gasteiger partial charge is 0.263 e. The Morgan fingerprint density at radius 1 is 0.970 bits per heavy atom. The molecule has 7 nitrogen and oxygen atoms in total. The molecule has 0 atom stereocenters. The van der Waals surface area contributed by atoms with Crippen molar-refractivity contribution in [2.24, 2.45) is 0 Å². The lowest BCUT2D eigenvalue weighted by Gasteiger charge is -2.13. The Hall–Kier alpha value is -4.00. The van der Waals surface area contributed by atoms with E-state index in [1.54, 1.807) is 6.20 Å². The summed E-state index contributed by atoms with van der Waals surface area (Å²) in [6.07, 6.45) is 2.55. The van der Waals surface area contributed by atoms with Gasteiger partial charge >= 0.3 is 0 Å². The second-order valence-electron chi connectivity index (χ2n) is 8.04. The third-order valence-electron chi connectivity index (χ3n) is 5.92. The average Bonchev–Trinajstić information content (AvgIpc) is 3.46. The molecule has 0 N–H and O–H groups in total. The lowest BCUT2D eigenvalue weighted by atomic mass is 9.99. The van der Waals surface area contributed by atoms with Crippen LogP contribution in [0, 0.1) is 20.8 Å². The fraction of sp³-hybridized carbons (Fsp3) is 0.231. The molecule has 7 heteroatoms. The Kier molecular flexibility index (Phi) is 5.38. The molecule has 0 unspecified atom stereocenters. The SMILES string of the molecule is CCOc1ccc(-c2noc(-c3cnn4c(C)c(Cc5ccccc5C)c(C)nc34)n2)cc1. The van der Waals surface area contributed by atoms with Gasteiger partial charge in [-0.25, -0.2) is 9.50 Å². The summed E-state index contributed by atoms with van der Waals surface area (Å²) in [6.45, 7) is 8.83. The van der Waals surface area contributed by atoms with Gasteiger partial charge in [0.15, 0.2) is 5.65 Å². The van der Waals surface area contributed by atoms with E-state index in [0.717, 1.165) is 29.1 Å². The molecule has 33 heavy (non-hydrogen) atoms. The lowest BCUT2D eigenvalue weighted by Crippen LogP contribution is -2.07. The van der Waals surface area contributed by atoms with E-state index in [9.17, 15) is 0 Å². The van der Waals surface area contributed by atoms with Crippen LogP contribution in [-0.2, 0) is 6.42 Å². The van der Waals surface area contributed by atoms with E-state index >= 15 is 0 Å². The number of ether oxygens (including phenoxy) is 1. The summed E-state index contributed by atoms with van der Waals surface area (Å²) in [5.41, 5.74) is 8.03. The Morgan fingerprint density at radius 3 is 2.52 bits per heavy atom. The van der Waals surface area contributed by atoms with Gasteiger partial charge in [-0.15, -0.1) is 0 Å². The molecule has 0 fully saturated rings. The van der Waals surface area contributed by atoms with Gasteiger partial charge in [-0.3, -0.25) is 0 Å². The maximum Gasteiger partial charge on any atom is 0.263 e. The maximum absolute atomic E-state index is 5.58. The zero-order valence-electron chi connectivity index (χ0n) is 19.2. The van der Waals surface area contributed by atoms with Crippen LogP contribution < -0.4 is 4.74 Å². The third kappa shape index (κ3) is 3.86. The number of hydrogen-bond donors (Lipinski definition) is 0. The number of aryl methyl sites for hydroxylation is 3. The van der Waals surface area contributed by atoms with E-state index < -0.39 is 0 Å². The van der Waals surface area contributed by atoms with Crippen LogP contribution in [0.3, 0.4) is 0 Å². The van der Waals surface area contributed by atoms with Crippen molar-refractivity contribution in [1.29, 1.82) is 0 Å². The molecular formula is C26H25N5O2. The second kappa shape index (κ2) is 8.50. The van der Waals surface area contributed by atoms with E-state index in [1.165, 1.54) is 16.7 Å². The molecule has 3 heterocycles. The molecule has 0 aliphatic heterocycles. The van der Waals surface area contributed by atoms with E-state index in [1.807, 2.05) is 42.6 Å². The van der Waals surface area contributed by atoms with E-state index in [-0.39, 0.29) is 0 Å². The Labute approximate surface area is 192 Å². The van der Waals surface area contributed by atoms with Crippen LogP contribution in [0.15, 0.2) is 59.3 Å². The quantitative estimate of drug-likeness (QED) is 0.354. The van der Waals surface area contributed by atoms with Gasteiger partial charge in [0.1, 0.15) is 11.3 Å². The fourth-order valence-corrected chi connectivity index (χ4v) is 4.03. The first-order valence-corrected chi connectivity index (χ1v) is 11.0. The summed E-state index contributed by atoms with van der Waals surface area (Å²) in [4.78, 5) is 9.47. The molecule has 0 amide bonds. The minimum Gasteiger partial charge on any atom is -0.494 e. The van der Waals surface area contributed by atoms with Gasteiger partial charge in [-0.05, 0) is 68.7 Å². The Bertz CT molecular complexity index is 1430. The zero-order valence-corrected chi connectivity index (χ0v) is 19.2. The summed E-state index contributed by atoms with van der Waals surface area (Å²) >= 11 is 0. The first-order valence-electron chi connectivity index (χ1n) is 11.0. The molecule has 3 aromatic heterocycles. The predicted octanol–water partition coefficient (Wildman–Crippen LogP) is 5.36. The monoisotopic (exact) mass is 439 g/mol. The van der Waals surface area contributed by atoms with E-state index in [4.69, 9.17) is 14.2 Å². The van der Waals surface area contributed by atoms with Crippen LogP contribution in [-0.4, -0.2) is 31.3 Å². The van der Waals surface area contributed by atoms with Crippen LogP contribution in [0.2, 0.25) is 0 Å². The molecule has 166 valence electrons. The highest BCUT2D eigenvalue weighted by atomic mass is 16.5. The van der Waals surface area contributed by atoms with E-state index in [2.05, 4.69) is 53.4 Å². The highest BCUT2D eigenvalue weighted by Gasteiger charge is 2.20. The topological polar surface area (TPSA) is 78.3 Å². The molecule has 5 rings (SSSR count). The standard InChI is InChI=1S/C26H25N5O2/c1-5-32-21-12-10-19(11-13-21)24-29-26(33-30-24)23-15-27-31-18(4)22(17(3)28-25(23)31)14-20-9-7-6-8-16(20)2/h6-13,15H,5,14H2,1-4H3. The highest BCUT2D eigenvalue weighted by molar-refractivity contribution is 5.73. The minimum absolute atomic E-state index is 0.395. The molecular weight excluding hydrogens is 414 g/mol. The van der Waals surface area contributed by atoms with Crippen molar-refractivity contribution in [2.45, 2.75) is 34.1 Å². The molecule has 0 aliphatic carbocycles. The van der Waals surface area contributed by atoms with Crippen molar-refractivity contribution in [3.8, 4) is 28.6 Å².